The molecule has 0 spiro atoms. The number of hydrogen-bond donors (Lipinski definition) is 2. The Hall–Kier alpha value is -2.78. The third kappa shape index (κ3) is 6.64. The van der Waals surface area contributed by atoms with Crippen LogP contribution in [0.1, 0.15) is 31.2 Å². The maximum absolute atomic E-state index is 12.9. The summed E-state index contributed by atoms with van der Waals surface area (Å²) in [6.45, 7) is 2.97. The standard InChI is InChI=1S/C21H26N4O4S/c1-15-4-2-5-16(12-15)25(14-19(27)23-13-17-6-3-10-29-17)20(28)8-7-18(26)24-21-22-9-11-30-21/h2,4-5,9,11-12,17H,3,6-8,10,13-14H2,1H3,(H,23,27)(H,22,24,26)/t17-/m1/s1. The Balaban J connectivity index is 1.59. The van der Waals surface area contributed by atoms with Crippen LogP contribution in [0, 0.1) is 6.92 Å². The molecule has 0 bridgehead atoms. The number of rotatable bonds is 9. The van der Waals surface area contributed by atoms with Crippen LogP contribution < -0.4 is 15.5 Å². The summed E-state index contributed by atoms with van der Waals surface area (Å²) in [5.41, 5.74) is 1.61. The maximum Gasteiger partial charge on any atom is 0.240 e. The van der Waals surface area contributed by atoms with Crippen molar-refractivity contribution in [2.24, 2.45) is 0 Å². The van der Waals surface area contributed by atoms with Crippen LogP contribution in [0.5, 0.6) is 0 Å². The lowest BCUT2D eigenvalue weighted by Gasteiger charge is -2.23. The number of aryl methyl sites for hydroxylation is 1. The molecule has 1 saturated heterocycles. The van der Waals surface area contributed by atoms with Crippen molar-refractivity contribution in [3.63, 3.8) is 0 Å². The number of aromatic nitrogens is 1. The van der Waals surface area contributed by atoms with E-state index in [1.807, 2.05) is 25.1 Å². The van der Waals surface area contributed by atoms with Gasteiger partial charge in [0.15, 0.2) is 5.13 Å². The first kappa shape index (κ1) is 21.9. The molecule has 3 amide bonds. The number of amides is 3. The SMILES string of the molecule is Cc1cccc(N(CC(=O)NC[C@H]2CCCO2)C(=O)CCC(=O)Nc2nccs2)c1. The summed E-state index contributed by atoms with van der Waals surface area (Å²) in [7, 11) is 0. The lowest BCUT2D eigenvalue weighted by atomic mass is 10.2. The fraction of sp³-hybridized carbons (Fsp3) is 0.429. The van der Waals surface area contributed by atoms with Crippen molar-refractivity contribution < 1.29 is 19.1 Å². The molecule has 30 heavy (non-hydrogen) atoms. The smallest absolute Gasteiger partial charge is 0.240 e. The Morgan fingerprint density at radius 3 is 2.83 bits per heavy atom. The minimum atomic E-state index is -0.290. The fourth-order valence-electron chi connectivity index (χ4n) is 3.17. The molecule has 2 aromatic rings. The highest BCUT2D eigenvalue weighted by atomic mass is 32.1. The van der Waals surface area contributed by atoms with Crippen LogP contribution in [0.25, 0.3) is 0 Å². The lowest BCUT2D eigenvalue weighted by Crippen LogP contribution is -2.43. The molecule has 8 nitrogen and oxygen atoms in total. The van der Waals surface area contributed by atoms with Crippen LogP contribution in [-0.4, -0.2) is 48.5 Å². The molecule has 0 unspecified atom stereocenters. The summed E-state index contributed by atoms with van der Waals surface area (Å²) in [6, 6.07) is 7.39. The van der Waals surface area contributed by atoms with E-state index in [1.54, 1.807) is 17.6 Å². The quantitative estimate of drug-likeness (QED) is 0.637. The van der Waals surface area contributed by atoms with Crippen LogP contribution in [0.15, 0.2) is 35.8 Å². The minimum absolute atomic E-state index is 0.00976. The number of thiazole rings is 1. The molecule has 1 fully saturated rings. The lowest BCUT2D eigenvalue weighted by molar-refractivity contribution is -0.125. The molecule has 2 heterocycles. The Kier molecular flexibility index (Phi) is 7.92. The topological polar surface area (TPSA) is 101 Å². The molecule has 0 aliphatic carbocycles. The van der Waals surface area contributed by atoms with E-state index in [0.29, 0.717) is 17.4 Å². The first-order valence-electron chi connectivity index (χ1n) is 9.96. The predicted octanol–water partition coefficient (Wildman–Crippen LogP) is 2.50. The van der Waals surface area contributed by atoms with E-state index in [4.69, 9.17) is 4.74 Å². The second-order valence-electron chi connectivity index (χ2n) is 7.14. The Morgan fingerprint density at radius 1 is 1.27 bits per heavy atom. The molecule has 1 atom stereocenters. The van der Waals surface area contributed by atoms with Gasteiger partial charge in [0.05, 0.1) is 6.10 Å². The molecule has 1 aliphatic rings. The van der Waals surface area contributed by atoms with E-state index in [9.17, 15) is 14.4 Å². The van der Waals surface area contributed by atoms with Gasteiger partial charge in [-0.3, -0.25) is 14.4 Å². The number of hydrogen-bond acceptors (Lipinski definition) is 6. The van der Waals surface area contributed by atoms with Gasteiger partial charge in [-0.15, -0.1) is 11.3 Å². The second kappa shape index (κ2) is 10.8. The monoisotopic (exact) mass is 430 g/mol. The summed E-state index contributed by atoms with van der Waals surface area (Å²) >= 11 is 1.31. The first-order chi connectivity index (χ1) is 14.5. The van der Waals surface area contributed by atoms with Gasteiger partial charge in [0.2, 0.25) is 17.7 Å². The van der Waals surface area contributed by atoms with Crippen molar-refractivity contribution in [2.45, 2.75) is 38.7 Å². The van der Waals surface area contributed by atoms with Crippen molar-refractivity contribution in [3.05, 3.63) is 41.4 Å². The van der Waals surface area contributed by atoms with E-state index in [0.717, 1.165) is 25.0 Å². The van der Waals surface area contributed by atoms with Gasteiger partial charge < -0.3 is 20.3 Å². The number of ether oxygens (including phenoxy) is 1. The van der Waals surface area contributed by atoms with Crippen LogP contribution >= 0.6 is 11.3 Å². The highest BCUT2D eigenvalue weighted by Gasteiger charge is 2.22. The highest BCUT2D eigenvalue weighted by Crippen LogP contribution is 2.18. The van der Waals surface area contributed by atoms with Gasteiger partial charge in [0, 0.05) is 43.3 Å². The summed E-state index contributed by atoms with van der Waals surface area (Å²) in [6.07, 6.45) is 3.56. The molecule has 1 aromatic carbocycles. The maximum atomic E-state index is 12.9. The average molecular weight is 431 g/mol. The molecular weight excluding hydrogens is 404 g/mol. The molecule has 1 aliphatic heterocycles. The molecule has 1 aromatic heterocycles. The number of nitrogens with zero attached hydrogens (tertiary/aromatic N) is 2. The number of carbonyl (C=O) groups excluding carboxylic acids is 3. The van der Waals surface area contributed by atoms with Gasteiger partial charge >= 0.3 is 0 Å². The largest absolute Gasteiger partial charge is 0.376 e. The average Bonchev–Trinajstić information content (AvgIpc) is 3.43. The number of carbonyl (C=O) groups is 3. The highest BCUT2D eigenvalue weighted by molar-refractivity contribution is 7.13. The zero-order chi connectivity index (χ0) is 21.3. The van der Waals surface area contributed by atoms with E-state index in [-0.39, 0.29) is 43.2 Å². The molecule has 3 rings (SSSR count). The van der Waals surface area contributed by atoms with Gasteiger partial charge in [-0.1, -0.05) is 12.1 Å². The molecular formula is C21H26N4O4S. The second-order valence-corrected chi connectivity index (χ2v) is 8.04. The zero-order valence-electron chi connectivity index (χ0n) is 16.9. The molecule has 2 N–H and O–H groups in total. The van der Waals surface area contributed by atoms with Crippen LogP contribution in [0.4, 0.5) is 10.8 Å². The van der Waals surface area contributed by atoms with E-state index < -0.39 is 0 Å². The van der Waals surface area contributed by atoms with Crippen molar-refractivity contribution >= 4 is 39.9 Å². The molecule has 9 heteroatoms. The van der Waals surface area contributed by atoms with E-state index >= 15 is 0 Å². The third-order valence-electron chi connectivity index (χ3n) is 4.71. The van der Waals surface area contributed by atoms with Crippen molar-refractivity contribution in [2.75, 3.05) is 29.9 Å². The van der Waals surface area contributed by atoms with Gasteiger partial charge in [0.1, 0.15) is 6.54 Å². The summed E-state index contributed by atoms with van der Waals surface area (Å²) in [5.74, 6) is -0.833. The Bertz CT molecular complexity index is 866. The first-order valence-corrected chi connectivity index (χ1v) is 10.8. The Morgan fingerprint density at radius 2 is 2.13 bits per heavy atom. The van der Waals surface area contributed by atoms with Crippen LogP contribution in [0.2, 0.25) is 0 Å². The van der Waals surface area contributed by atoms with E-state index in [2.05, 4.69) is 15.6 Å². The number of nitrogens with one attached hydrogen (secondary N) is 2. The normalized spacial score (nSPS) is 15.6. The number of benzene rings is 1. The molecule has 0 saturated carbocycles. The summed E-state index contributed by atoms with van der Waals surface area (Å²) in [4.78, 5) is 42.9. The summed E-state index contributed by atoms with van der Waals surface area (Å²) < 4.78 is 5.52. The van der Waals surface area contributed by atoms with Crippen LogP contribution in [0.3, 0.4) is 0 Å². The fourth-order valence-corrected chi connectivity index (χ4v) is 3.72. The van der Waals surface area contributed by atoms with Crippen LogP contribution in [-0.2, 0) is 19.1 Å². The summed E-state index contributed by atoms with van der Waals surface area (Å²) in [5, 5.41) is 7.76. The molecule has 160 valence electrons. The van der Waals surface area contributed by atoms with Crippen molar-refractivity contribution in [1.82, 2.24) is 10.3 Å². The van der Waals surface area contributed by atoms with Gasteiger partial charge in [-0.25, -0.2) is 4.98 Å². The van der Waals surface area contributed by atoms with Gasteiger partial charge in [-0.05, 0) is 37.5 Å². The predicted molar refractivity (Wildman–Crippen MR) is 115 cm³/mol. The zero-order valence-corrected chi connectivity index (χ0v) is 17.7. The van der Waals surface area contributed by atoms with Crippen molar-refractivity contribution in [1.29, 1.82) is 0 Å². The van der Waals surface area contributed by atoms with E-state index in [1.165, 1.54) is 16.2 Å². The molecule has 0 radical (unpaired) electrons. The number of anilines is 2. The van der Waals surface area contributed by atoms with Crippen molar-refractivity contribution in [3.8, 4) is 0 Å². The third-order valence-corrected chi connectivity index (χ3v) is 5.40. The van der Waals surface area contributed by atoms with Gasteiger partial charge in [-0.2, -0.15) is 0 Å². The minimum Gasteiger partial charge on any atom is -0.376 e. The van der Waals surface area contributed by atoms with Gasteiger partial charge in [0.25, 0.3) is 0 Å². The Labute approximate surface area is 179 Å².